The van der Waals surface area contributed by atoms with Crippen molar-refractivity contribution in [2.45, 2.75) is 13.0 Å². The normalized spacial score (nSPS) is 16.5. The molecule has 0 atom stereocenters. The highest BCUT2D eigenvalue weighted by Crippen LogP contribution is 2.10. The zero-order chi connectivity index (χ0) is 15.4. The van der Waals surface area contributed by atoms with Crippen molar-refractivity contribution in [2.24, 2.45) is 7.05 Å². The molecule has 3 heterocycles. The maximum absolute atomic E-state index is 12.5. The van der Waals surface area contributed by atoms with Crippen molar-refractivity contribution in [3.05, 3.63) is 48.3 Å². The van der Waals surface area contributed by atoms with Gasteiger partial charge in [0.05, 0.1) is 12.1 Å². The van der Waals surface area contributed by atoms with E-state index in [4.69, 9.17) is 0 Å². The van der Waals surface area contributed by atoms with E-state index >= 15 is 0 Å². The summed E-state index contributed by atoms with van der Waals surface area (Å²) < 4.78 is 2.05. The average Bonchev–Trinajstić information content (AvgIpc) is 2.81. The molecule has 1 saturated heterocycles. The molecule has 0 aliphatic carbocycles. The van der Waals surface area contributed by atoms with Gasteiger partial charge in [-0.15, -0.1) is 0 Å². The molecule has 3 rings (SSSR count). The van der Waals surface area contributed by atoms with Crippen LogP contribution in [0.3, 0.4) is 0 Å². The van der Waals surface area contributed by atoms with Crippen LogP contribution in [0.25, 0.3) is 0 Å². The van der Waals surface area contributed by atoms with Crippen molar-refractivity contribution in [2.75, 3.05) is 26.2 Å². The molecule has 0 aromatic carbocycles. The summed E-state index contributed by atoms with van der Waals surface area (Å²) in [6.45, 7) is 4.24. The number of amides is 1. The van der Waals surface area contributed by atoms with Crippen LogP contribution < -0.4 is 0 Å². The Kier molecular flexibility index (Phi) is 4.48. The van der Waals surface area contributed by atoms with Crippen LogP contribution in [0.1, 0.15) is 22.6 Å². The third-order valence-corrected chi connectivity index (χ3v) is 4.07. The summed E-state index contributed by atoms with van der Waals surface area (Å²) in [4.78, 5) is 25.2. The van der Waals surface area contributed by atoms with Gasteiger partial charge in [-0.05, 0) is 18.6 Å². The Hall–Kier alpha value is -2.21. The third kappa shape index (κ3) is 3.33. The van der Waals surface area contributed by atoms with E-state index < -0.39 is 0 Å². The first-order valence-corrected chi connectivity index (χ1v) is 7.62. The van der Waals surface area contributed by atoms with Crippen LogP contribution >= 0.6 is 0 Å². The van der Waals surface area contributed by atoms with Crippen molar-refractivity contribution in [1.29, 1.82) is 0 Å². The van der Waals surface area contributed by atoms with Crippen molar-refractivity contribution >= 4 is 5.91 Å². The van der Waals surface area contributed by atoms with E-state index in [0.717, 1.165) is 45.0 Å². The molecule has 0 unspecified atom stereocenters. The lowest BCUT2D eigenvalue weighted by molar-refractivity contribution is 0.0760. The zero-order valence-corrected chi connectivity index (χ0v) is 12.9. The van der Waals surface area contributed by atoms with Crippen LogP contribution in [0.2, 0.25) is 0 Å². The van der Waals surface area contributed by atoms with Crippen LogP contribution in [-0.2, 0) is 13.6 Å². The Morgan fingerprint density at radius 3 is 2.86 bits per heavy atom. The van der Waals surface area contributed by atoms with Crippen molar-refractivity contribution in [3.8, 4) is 0 Å². The second-order valence-electron chi connectivity index (χ2n) is 5.62. The summed E-state index contributed by atoms with van der Waals surface area (Å²) >= 11 is 0. The largest absolute Gasteiger partial charge is 0.337 e. The van der Waals surface area contributed by atoms with E-state index in [2.05, 4.69) is 14.9 Å². The summed E-state index contributed by atoms with van der Waals surface area (Å²) in [6.07, 6.45) is 8.10. The fourth-order valence-electron chi connectivity index (χ4n) is 2.75. The number of hydrogen-bond acceptors (Lipinski definition) is 4. The molecule has 6 nitrogen and oxygen atoms in total. The van der Waals surface area contributed by atoms with Crippen LogP contribution in [0.4, 0.5) is 0 Å². The molecule has 1 aliphatic heterocycles. The van der Waals surface area contributed by atoms with E-state index in [-0.39, 0.29) is 5.91 Å². The van der Waals surface area contributed by atoms with Gasteiger partial charge in [-0.2, -0.15) is 0 Å². The van der Waals surface area contributed by atoms with Gasteiger partial charge < -0.3 is 9.47 Å². The number of imidazole rings is 1. The van der Waals surface area contributed by atoms with Gasteiger partial charge in [0.1, 0.15) is 5.82 Å². The summed E-state index contributed by atoms with van der Waals surface area (Å²) in [5.74, 6) is 1.14. The highest BCUT2D eigenvalue weighted by Gasteiger charge is 2.20. The van der Waals surface area contributed by atoms with Gasteiger partial charge in [0.15, 0.2) is 0 Å². The molecule has 0 N–H and O–H groups in total. The zero-order valence-electron chi connectivity index (χ0n) is 12.9. The maximum atomic E-state index is 12.5. The first-order valence-electron chi connectivity index (χ1n) is 7.62. The van der Waals surface area contributed by atoms with Crippen LogP contribution in [0, 0.1) is 0 Å². The number of rotatable bonds is 3. The predicted octanol–water partition coefficient (Wildman–Crippen LogP) is 1.16. The topological polar surface area (TPSA) is 54.3 Å². The Balaban J connectivity index is 1.60. The molecule has 2 aromatic heterocycles. The summed E-state index contributed by atoms with van der Waals surface area (Å²) in [6, 6.07) is 3.63. The molecule has 116 valence electrons. The van der Waals surface area contributed by atoms with Gasteiger partial charge in [0.2, 0.25) is 0 Å². The standard InChI is InChI=1S/C16H21N5O/c1-19-9-6-18-15(19)13-20-7-3-8-21(11-10-20)16(22)14-4-2-5-17-12-14/h2,4-6,9,12H,3,7-8,10-11,13H2,1H3. The minimum atomic E-state index is 0.0759. The van der Waals surface area contributed by atoms with Gasteiger partial charge in [0, 0.05) is 58.0 Å². The van der Waals surface area contributed by atoms with Gasteiger partial charge in [-0.25, -0.2) is 4.98 Å². The molecule has 6 heteroatoms. The number of aryl methyl sites for hydroxylation is 1. The second-order valence-corrected chi connectivity index (χ2v) is 5.62. The maximum Gasteiger partial charge on any atom is 0.255 e. The Morgan fingerprint density at radius 1 is 1.23 bits per heavy atom. The predicted molar refractivity (Wildman–Crippen MR) is 83.2 cm³/mol. The molecule has 0 radical (unpaired) electrons. The summed E-state index contributed by atoms with van der Waals surface area (Å²) in [5, 5.41) is 0. The van der Waals surface area contributed by atoms with E-state index in [1.54, 1.807) is 18.5 Å². The Morgan fingerprint density at radius 2 is 2.14 bits per heavy atom. The van der Waals surface area contributed by atoms with Crippen molar-refractivity contribution in [1.82, 2.24) is 24.3 Å². The molecule has 0 bridgehead atoms. The lowest BCUT2D eigenvalue weighted by atomic mass is 10.2. The molecule has 0 saturated carbocycles. The van der Waals surface area contributed by atoms with Crippen molar-refractivity contribution < 1.29 is 4.79 Å². The minimum Gasteiger partial charge on any atom is -0.337 e. The van der Waals surface area contributed by atoms with E-state index in [9.17, 15) is 4.79 Å². The molecule has 1 fully saturated rings. The molecule has 1 amide bonds. The van der Waals surface area contributed by atoms with Gasteiger partial charge in [-0.3, -0.25) is 14.7 Å². The number of aromatic nitrogens is 3. The quantitative estimate of drug-likeness (QED) is 0.853. The molecule has 22 heavy (non-hydrogen) atoms. The fraction of sp³-hybridized carbons (Fsp3) is 0.438. The summed E-state index contributed by atoms with van der Waals surface area (Å²) in [7, 11) is 2.01. The lowest BCUT2D eigenvalue weighted by Crippen LogP contribution is -2.35. The molecule has 2 aromatic rings. The van der Waals surface area contributed by atoms with Gasteiger partial charge in [0.25, 0.3) is 5.91 Å². The highest BCUT2D eigenvalue weighted by atomic mass is 16.2. The molecular weight excluding hydrogens is 278 g/mol. The first kappa shape index (κ1) is 14.7. The number of hydrogen-bond donors (Lipinski definition) is 0. The van der Waals surface area contributed by atoms with E-state index in [0.29, 0.717) is 5.56 Å². The Labute approximate surface area is 130 Å². The third-order valence-electron chi connectivity index (χ3n) is 4.07. The van der Waals surface area contributed by atoms with Crippen LogP contribution in [-0.4, -0.2) is 56.4 Å². The minimum absolute atomic E-state index is 0.0759. The van der Waals surface area contributed by atoms with Crippen LogP contribution in [0.5, 0.6) is 0 Å². The number of carbonyl (C=O) groups excluding carboxylic acids is 1. The fourth-order valence-corrected chi connectivity index (χ4v) is 2.75. The van der Waals surface area contributed by atoms with Gasteiger partial charge >= 0.3 is 0 Å². The first-order chi connectivity index (χ1) is 10.7. The molecule has 1 aliphatic rings. The monoisotopic (exact) mass is 299 g/mol. The van der Waals surface area contributed by atoms with Gasteiger partial charge in [-0.1, -0.05) is 0 Å². The van der Waals surface area contributed by atoms with E-state index in [1.807, 2.05) is 35.0 Å². The van der Waals surface area contributed by atoms with Crippen LogP contribution in [0.15, 0.2) is 36.9 Å². The van der Waals surface area contributed by atoms with E-state index in [1.165, 1.54) is 0 Å². The summed E-state index contributed by atoms with van der Waals surface area (Å²) in [5.41, 5.74) is 0.667. The lowest BCUT2D eigenvalue weighted by Gasteiger charge is -2.21. The highest BCUT2D eigenvalue weighted by molar-refractivity contribution is 5.93. The molecule has 0 spiro atoms. The van der Waals surface area contributed by atoms with Crippen molar-refractivity contribution in [3.63, 3.8) is 0 Å². The Bertz CT molecular complexity index is 624. The number of pyridine rings is 1. The average molecular weight is 299 g/mol. The SMILES string of the molecule is Cn1ccnc1CN1CCCN(C(=O)c2cccnc2)CC1. The second kappa shape index (κ2) is 6.70. The molecular formula is C16H21N5O. The number of carbonyl (C=O) groups is 1. The smallest absolute Gasteiger partial charge is 0.255 e. The number of nitrogens with zero attached hydrogens (tertiary/aromatic N) is 5.